The Balaban J connectivity index is 1.75. The molecule has 11 heteroatoms. The van der Waals surface area contributed by atoms with Crippen LogP contribution < -0.4 is 5.32 Å². The molecule has 0 atom stereocenters. The highest BCUT2D eigenvalue weighted by atomic mass is 35.5. The third-order valence-electron chi connectivity index (χ3n) is 4.13. The molecule has 2 aromatic rings. The van der Waals surface area contributed by atoms with Gasteiger partial charge < -0.3 is 10.1 Å². The summed E-state index contributed by atoms with van der Waals surface area (Å²) in [6.45, 7) is 1.24. The summed E-state index contributed by atoms with van der Waals surface area (Å²) in [4.78, 5) is 22.7. The summed E-state index contributed by atoms with van der Waals surface area (Å²) in [5.74, 6) is -0.535. The lowest BCUT2D eigenvalue weighted by atomic mass is 10.2. The maximum absolute atomic E-state index is 12.6. The van der Waals surface area contributed by atoms with E-state index in [1.165, 1.54) is 40.7 Å². The van der Waals surface area contributed by atoms with Crippen LogP contribution in [0.15, 0.2) is 47.4 Å². The zero-order chi connectivity index (χ0) is 20.3. The molecule has 28 heavy (non-hydrogen) atoms. The fraction of sp³-hybridized carbons (Fsp3) is 0.235. The van der Waals surface area contributed by atoms with Gasteiger partial charge in [-0.1, -0.05) is 11.6 Å². The lowest BCUT2D eigenvalue weighted by Crippen LogP contribution is -2.40. The van der Waals surface area contributed by atoms with E-state index >= 15 is 0 Å². The van der Waals surface area contributed by atoms with Gasteiger partial charge in [-0.3, -0.25) is 14.9 Å². The van der Waals surface area contributed by atoms with E-state index in [0.717, 1.165) is 6.07 Å². The van der Waals surface area contributed by atoms with Gasteiger partial charge in [-0.2, -0.15) is 4.31 Å². The Morgan fingerprint density at radius 1 is 1.14 bits per heavy atom. The number of anilines is 1. The van der Waals surface area contributed by atoms with E-state index in [-0.39, 0.29) is 39.9 Å². The quantitative estimate of drug-likeness (QED) is 0.580. The van der Waals surface area contributed by atoms with Crippen molar-refractivity contribution in [1.82, 2.24) is 4.31 Å². The second kappa shape index (κ2) is 8.23. The number of morpholine rings is 1. The van der Waals surface area contributed by atoms with Gasteiger partial charge >= 0.3 is 0 Å². The number of ether oxygens (including phenoxy) is 1. The van der Waals surface area contributed by atoms with Crippen molar-refractivity contribution in [2.75, 3.05) is 31.6 Å². The Hall–Kier alpha value is -2.53. The fourth-order valence-corrected chi connectivity index (χ4v) is 4.24. The number of amides is 1. The number of nitro groups is 1. The molecule has 0 radical (unpaired) electrons. The predicted molar refractivity (Wildman–Crippen MR) is 102 cm³/mol. The lowest BCUT2D eigenvalue weighted by Gasteiger charge is -2.26. The minimum absolute atomic E-state index is 0.0410. The van der Waals surface area contributed by atoms with Crippen molar-refractivity contribution >= 4 is 38.9 Å². The molecule has 1 aliphatic rings. The topological polar surface area (TPSA) is 119 Å². The number of nitrogens with one attached hydrogen (secondary N) is 1. The molecule has 1 saturated heterocycles. The standard InChI is InChI=1S/C17H16ClN3O6S/c18-15-6-3-13(11-16(15)21(23)24)19-17(22)12-1-4-14(5-2-12)28(25,26)20-7-9-27-10-8-20/h1-6,11H,7-10H2,(H,19,22). The Kier molecular flexibility index (Phi) is 5.94. The number of carbonyl (C=O) groups is 1. The molecule has 9 nitrogen and oxygen atoms in total. The highest BCUT2D eigenvalue weighted by molar-refractivity contribution is 7.89. The molecule has 0 saturated carbocycles. The van der Waals surface area contributed by atoms with E-state index in [2.05, 4.69) is 5.32 Å². The van der Waals surface area contributed by atoms with Crippen LogP contribution in [0.25, 0.3) is 0 Å². The number of halogens is 1. The fourth-order valence-electron chi connectivity index (χ4n) is 2.65. The molecule has 1 N–H and O–H groups in total. The summed E-state index contributed by atoms with van der Waals surface area (Å²) < 4.78 is 31.7. The first-order valence-corrected chi connectivity index (χ1v) is 10.0. The zero-order valence-electron chi connectivity index (χ0n) is 14.5. The van der Waals surface area contributed by atoms with Gasteiger partial charge in [0.05, 0.1) is 23.0 Å². The van der Waals surface area contributed by atoms with Crippen molar-refractivity contribution in [2.24, 2.45) is 0 Å². The molecule has 0 spiro atoms. The SMILES string of the molecule is O=C(Nc1ccc(Cl)c([N+](=O)[O-])c1)c1ccc(S(=O)(=O)N2CCOCC2)cc1. The molecular formula is C17H16ClN3O6S. The Labute approximate surface area is 166 Å². The summed E-state index contributed by atoms with van der Waals surface area (Å²) in [6, 6.07) is 9.36. The molecular weight excluding hydrogens is 410 g/mol. The number of nitrogens with zero attached hydrogens (tertiary/aromatic N) is 2. The van der Waals surface area contributed by atoms with Gasteiger partial charge in [0.1, 0.15) is 5.02 Å². The van der Waals surface area contributed by atoms with E-state index in [1.54, 1.807) is 0 Å². The highest BCUT2D eigenvalue weighted by Crippen LogP contribution is 2.27. The third-order valence-corrected chi connectivity index (χ3v) is 6.36. The molecule has 1 aliphatic heterocycles. The molecule has 2 aromatic carbocycles. The normalized spacial score (nSPS) is 15.2. The van der Waals surface area contributed by atoms with Gasteiger partial charge in [-0.25, -0.2) is 8.42 Å². The largest absolute Gasteiger partial charge is 0.379 e. The number of benzene rings is 2. The lowest BCUT2D eigenvalue weighted by molar-refractivity contribution is -0.384. The molecule has 148 valence electrons. The van der Waals surface area contributed by atoms with E-state index in [9.17, 15) is 23.3 Å². The van der Waals surface area contributed by atoms with Crippen LogP contribution in [0.3, 0.4) is 0 Å². The van der Waals surface area contributed by atoms with Crippen LogP contribution in [-0.2, 0) is 14.8 Å². The van der Waals surface area contributed by atoms with Crippen molar-refractivity contribution < 1.29 is 22.9 Å². The summed E-state index contributed by atoms with van der Waals surface area (Å²) in [5, 5.41) is 13.4. The average Bonchev–Trinajstić information content (AvgIpc) is 2.70. The van der Waals surface area contributed by atoms with Gasteiger partial charge in [-0.05, 0) is 36.4 Å². The van der Waals surface area contributed by atoms with E-state index in [0.29, 0.717) is 13.2 Å². The van der Waals surface area contributed by atoms with Crippen molar-refractivity contribution in [3.05, 3.63) is 63.2 Å². The van der Waals surface area contributed by atoms with E-state index in [1.807, 2.05) is 0 Å². The van der Waals surface area contributed by atoms with Crippen LogP contribution in [0.4, 0.5) is 11.4 Å². The van der Waals surface area contributed by atoms with E-state index in [4.69, 9.17) is 16.3 Å². The van der Waals surface area contributed by atoms with Gasteiger partial charge in [0.25, 0.3) is 11.6 Å². The Morgan fingerprint density at radius 2 is 1.79 bits per heavy atom. The van der Waals surface area contributed by atoms with Gasteiger partial charge in [0, 0.05) is 30.4 Å². The summed E-state index contributed by atoms with van der Waals surface area (Å²) >= 11 is 5.75. The first kappa shape index (κ1) is 20.2. The van der Waals surface area contributed by atoms with Gasteiger partial charge in [-0.15, -0.1) is 0 Å². The maximum atomic E-state index is 12.6. The van der Waals surface area contributed by atoms with Crippen LogP contribution in [-0.4, -0.2) is 49.9 Å². The van der Waals surface area contributed by atoms with Crippen LogP contribution in [0.1, 0.15) is 10.4 Å². The first-order valence-electron chi connectivity index (χ1n) is 8.22. The molecule has 0 aromatic heterocycles. The van der Waals surface area contributed by atoms with Crippen molar-refractivity contribution in [3.8, 4) is 0 Å². The van der Waals surface area contributed by atoms with Gasteiger partial charge in [0.2, 0.25) is 10.0 Å². The second-order valence-corrected chi connectivity index (χ2v) is 8.26. The first-order chi connectivity index (χ1) is 13.3. The molecule has 0 unspecified atom stereocenters. The second-order valence-electron chi connectivity index (χ2n) is 5.92. The van der Waals surface area contributed by atoms with Crippen LogP contribution >= 0.6 is 11.6 Å². The molecule has 0 aliphatic carbocycles. The van der Waals surface area contributed by atoms with Gasteiger partial charge in [0.15, 0.2) is 0 Å². The molecule has 3 rings (SSSR count). The molecule has 1 heterocycles. The summed E-state index contributed by atoms with van der Waals surface area (Å²) in [7, 11) is -3.65. The minimum atomic E-state index is -3.65. The maximum Gasteiger partial charge on any atom is 0.289 e. The molecule has 1 fully saturated rings. The summed E-state index contributed by atoms with van der Waals surface area (Å²) in [6.07, 6.45) is 0. The number of hydrogen-bond donors (Lipinski definition) is 1. The Morgan fingerprint density at radius 3 is 2.39 bits per heavy atom. The monoisotopic (exact) mass is 425 g/mol. The smallest absolute Gasteiger partial charge is 0.289 e. The zero-order valence-corrected chi connectivity index (χ0v) is 16.1. The van der Waals surface area contributed by atoms with Crippen LogP contribution in [0, 0.1) is 10.1 Å². The van der Waals surface area contributed by atoms with Crippen molar-refractivity contribution in [1.29, 1.82) is 0 Å². The van der Waals surface area contributed by atoms with Crippen molar-refractivity contribution in [2.45, 2.75) is 4.90 Å². The van der Waals surface area contributed by atoms with E-state index < -0.39 is 20.9 Å². The van der Waals surface area contributed by atoms with Crippen molar-refractivity contribution in [3.63, 3.8) is 0 Å². The highest BCUT2D eigenvalue weighted by Gasteiger charge is 2.26. The third kappa shape index (κ3) is 4.30. The number of hydrogen-bond acceptors (Lipinski definition) is 6. The van der Waals surface area contributed by atoms with Crippen LogP contribution in [0.2, 0.25) is 5.02 Å². The average molecular weight is 426 g/mol. The predicted octanol–water partition coefficient (Wildman–Crippen LogP) is 2.52. The minimum Gasteiger partial charge on any atom is -0.379 e. The molecule has 1 amide bonds. The Bertz CT molecular complexity index is 1000. The molecule has 0 bridgehead atoms. The number of nitro benzene ring substituents is 1. The number of sulfonamides is 1. The number of rotatable bonds is 5. The van der Waals surface area contributed by atoms with Crippen LogP contribution in [0.5, 0.6) is 0 Å². The number of carbonyl (C=O) groups excluding carboxylic acids is 1. The summed E-state index contributed by atoms with van der Waals surface area (Å²) in [5.41, 5.74) is 0.0797.